The van der Waals surface area contributed by atoms with Crippen LogP contribution < -0.4 is 0 Å². The number of furan rings is 1. The van der Waals surface area contributed by atoms with E-state index in [1.54, 1.807) is 17.8 Å². The van der Waals surface area contributed by atoms with E-state index in [4.69, 9.17) is 9.52 Å². The van der Waals surface area contributed by atoms with Crippen LogP contribution in [0.4, 0.5) is 0 Å². The van der Waals surface area contributed by atoms with Crippen LogP contribution in [0.1, 0.15) is 36.2 Å². The molecule has 1 fully saturated rings. The van der Waals surface area contributed by atoms with E-state index in [1.807, 2.05) is 0 Å². The summed E-state index contributed by atoms with van der Waals surface area (Å²) in [6, 6.07) is 3.26. The highest BCUT2D eigenvalue weighted by Crippen LogP contribution is 2.35. The van der Waals surface area contributed by atoms with Crippen molar-refractivity contribution in [2.75, 3.05) is 0 Å². The summed E-state index contributed by atoms with van der Waals surface area (Å²) in [5.74, 6) is -0.964. The number of thioether (sulfide) groups is 1. The van der Waals surface area contributed by atoms with Crippen molar-refractivity contribution in [3.63, 3.8) is 0 Å². The van der Waals surface area contributed by atoms with Crippen LogP contribution in [0.25, 0.3) is 0 Å². The zero-order chi connectivity index (χ0) is 9.97. The molecule has 1 aromatic rings. The van der Waals surface area contributed by atoms with Gasteiger partial charge in [0.05, 0.1) is 0 Å². The first-order valence-electron chi connectivity index (χ1n) is 4.75. The first-order chi connectivity index (χ1) is 6.75. The molecule has 1 heterocycles. The largest absolute Gasteiger partial charge is 0.475 e. The van der Waals surface area contributed by atoms with Crippen molar-refractivity contribution in [1.29, 1.82) is 0 Å². The second-order valence-electron chi connectivity index (χ2n) is 3.45. The summed E-state index contributed by atoms with van der Waals surface area (Å²) >= 11 is 1.66. The van der Waals surface area contributed by atoms with E-state index in [-0.39, 0.29) is 5.76 Å². The van der Waals surface area contributed by atoms with Crippen LogP contribution in [0.15, 0.2) is 21.6 Å². The van der Waals surface area contributed by atoms with Crippen molar-refractivity contribution < 1.29 is 14.3 Å². The number of hydrogen-bond acceptors (Lipinski definition) is 3. The minimum atomic E-state index is -0.997. The quantitative estimate of drug-likeness (QED) is 0.836. The molecule has 0 amide bonds. The first-order valence-corrected chi connectivity index (χ1v) is 5.63. The van der Waals surface area contributed by atoms with E-state index in [2.05, 4.69) is 0 Å². The summed E-state index contributed by atoms with van der Waals surface area (Å²) in [6.45, 7) is 0. The van der Waals surface area contributed by atoms with E-state index in [0.717, 1.165) is 5.09 Å². The van der Waals surface area contributed by atoms with Crippen LogP contribution >= 0.6 is 11.8 Å². The zero-order valence-corrected chi connectivity index (χ0v) is 8.55. The summed E-state index contributed by atoms with van der Waals surface area (Å²) in [5, 5.41) is 10.0. The van der Waals surface area contributed by atoms with Crippen LogP contribution in [0.3, 0.4) is 0 Å². The number of carboxylic acids is 1. The predicted octanol–water partition coefficient (Wildman–Crippen LogP) is 3.01. The summed E-state index contributed by atoms with van der Waals surface area (Å²) in [4.78, 5) is 10.5. The second kappa shape index (κ2) is 4.09. The van der Waals surface area contributed by atoms with Gasteiger partial charge in [0, 0.05) is 5.25 Å². The lowest BCUT2D eigenvalue weighted by Gasteiger charge is -2.04. The maximum absolute atomic E-state index is 10.5. The van der Waals surface area contributed by atoms with Crippen molar-refractivity contribution in [2.24, 2.45) is 0 Å². The smallest absolute Gasteiger partial charge is 0.371 e. The van der Waals surface area contributed by atoms with Gasteiger partial charge >= 0.3 is 5.97 Å². The van der Waals surface area contributed by atoms with Crippen molar-refractivity contribution >= 4 is 17.7 Å². The Morgan fingerprint density at radius 2 is 2.14 bits per heavy atom. The maximum atomic E-state index is 10.5. The molecule has 14 heavy (non-hydrogen) atoms. The molecular weight excluding hydrogens is 200 g/mol. The van der Waals surface area contributed by atoms with E-state index >= 15 is 0 Å². The highest BCUT2D eigenvalue weighted by molar-refractivity contribution is 7.99. The molecule has 0 bridgehead atoms. The topological polar surface area (TPSA) is 50.4 Å². The Morgan fingerprint density at radius 3 is 2.71 bits per heavy atom. The predicted molar refractivity (Wildman–Crippen MR) is 53.8 cm³/mol. The van der Waals surface area contributed by atoms with Gasteiger partial charge in [-0.1, -0.05) is 24.6 Å². The van der Waals surface area contributed by atoms with Crippen molar-refractivity contribution in [1.82, 2.24) is 0 Å². The summed E-state index contributed by atoms with van der Waals surface area (Å²) in [5.41, 5.74) is 0. The molecular formula is C10H12O3S. The van der Waals surface area contributed by atoms with Crippen LogP contribution in [-0.2, 0) is 0 Å². The molecule has 0 aromatic carbocycles. The Balaban J connectivity index is 1.98. The van der Waals surface area contributed by atoms with Gasteiger partial charge in [-0.15, -0.1) is 0 Å². The van der Waals surface area contributed by atoms with E-state index in [9.17, 15) is 4.79 Å². The van der Waals surface area contributed by atoms with Gasteiger partial charge in [-0.3, -0.25) is 0 Å². The summed E-state index contributed by atoms with van der Waals surface area (Å²) < 4.78 is 5.17. The van der Waals surface area contributed by atoms with Gasteiger partial charge in [-0.05, 0) is 25.0 Å². The Morgan fingerprint density at radius 1 is 1.43 bits per heavy atom. The number of carboxylic acid groups (broad SMARTS) is 1. The standard InChI is InChI=1S/C10H12O3S/c11-10(12)8-5-6-9(13-8)14-7-3-1-2-4-7/h5-7H,1-4H2,(H,11,12). The molecule has 1 aliphatic rings. The lowest BCUT2D eigenvalue weighted by atomic mass is 10.4. The van der Waals surface area contributed by atoms with Crippen molar-refractivity contribution in [3.05, 3.63) is 17.9 Å². The fourth-order valence-corrected chi connectivity index (χ4v) is 2.85. The molecule has 76 valence electrons. The molecule has 0 radical (unpaired) electrons. The lowest BCUT2D eigenvalue weighted by molar-refractivity contribution is 0.0656. The Kier molecular flexibility index (Phi) is 2.82. The Bertz CT molecular complexity index is 326. The maximum Gasteiger partial charge on any atom is 0.371 e. The second-order valence-corrected chi connectivity index (χ2v) is 4.75. The average Bonchev–Trinajstić information content (AvgIpc) is 2.75. The number of hydrogen-bond donors (Lipinski definition) is 1. The van der Waals surface area contributed by atoms with E-state index < -0.39 is 5.97 Å². The highest BCUT2D eigenvalue weighted by atomic mass is 32.2. The van der Waals surface area contributed by atoms with Gasteiger partial charge < -0.3 is 9.52 Å². The molecule has 1 aliphatic carbocycles. The third kappa shape index (κ3) is 2.12. The summed E-state index contributed by atoms with van der Waals surface area (Å²) in [7, 11) is 0. The van der Waals surface area contributed by atoms with E-state index in [0.29, 0.717) is 5.25 Å². The minimum absolute atomic E-state index is 0.0329. The Hall–Kier alpha value is -0.900. The molecule has 1 aromatic heterocycles. The zero-order valence-electron chi connectivity index (χ0n) is 7.73. The third-order valence-corrected chi connectivity index (χ3v) is 3.63. The SMILES string of the molecule is O=C(O)c1ccc(SC2CCCC2)o1. The molecule has 2 rings (SSSR count). The van der Waals surface area contributed by atoms with E-state index in [1.165, 1.54) is 31.7 Å². The molecule has 4 heteroatoms. The third-order valence-electron chi connectivity index (χ3n) is 2.38. The van der Waals surface area contributed by atoms with Gasteiger partial charge in [0.25, 0.3) is 0 Å². The van der Waals surface area contributed by atoms with Crippen molar-refractivity contribution in [2.45, 2.75) is 36.0 Å². The normalized spacial score (nSPS) is 17.4. The van der Waals surface area contributed by atoms with Crippen LogP contribution in [0, 0.1) is 0 Å². The van der Waals surface area contributed by atoms with Gasteiger partial charge in [0.1, 0.15) is 0 Å². The molecule has 0 aliphatic heterocycles. The van der Waals surface area contributed by atoms with Crippen LogP contribution in [0.5, 0.6) is 0 Å². The molecule has 1 saturated carbocycles. The number of rotatable bonds is 3. The number of aromatic carboxylic acids is 1. The molecule has 0 spiro atoms. The minimum Gasteiger partial charge on any atom is -0.475 e. The molecule has 3 nitrogen and oxygen atoms in total. The lowest BCUT2D eigenvalue weighted by Crippen LogP contribution is -1.93. The number of carbonyl (C=O) groups is 1. The molecule has 0 saturated heterocycles. The van der Waals surface area contributed by atoms with Crippen molar-refractivity contribution in [3.8, 4) is 0 Å². The van der Waals surface area contributed by atoms with Gasteiger partial charge in [-0.2, -0.15) is 0 Å². The van der Waals surface area contributed by atoms with Gasteiger partial charge in [0.2, 0.25) is 5.76 Å². The highest BCUT2D eigenvalue weighted by Gasteiger charge is 2.18. The molecule has 0 unspecified atom stereocenters. The van der Waals surface area contributed by atoms with Crippen LogP contribution in [-0.4, -0.2) is 16.3 Å². The monoisotopic (exact) mass is 212 g/mol. The van der Waals surface area contributed by atoms with Gasteiger partial charge in [-0.25, -0.2) is 4.79 Å². The Labute approximate surface area is 86.5 Å². The molecule has 0 atom stereocenters. The van der Waals surface area contributed by atoms with Crippen LogP contribution in [0.2, 0.25) is 0 Å². The molecule has 1 N–H and O–H groups in total. The van der Waals surface area contributed by atoms with Gasteiger partial charge in [0.15, 0.2) is 5.09 Å². The summed E-state index contributed by atoms with van der Waals surface area (Å²) in [6.07, 6.45) is 5.00. The fraction of sp³-hybridized carbons (Fsp3) is 0.500. The average molecular weight is 212 g/mol. The fourth-order valence-electron chi connectivity index (χ4n) is 1.67. The first kappa shape index (κ1) is 9.65.